The fourth-order valence-electron chi connectivity index (χ4n) is 2.72. The molecule has 0 fully saturated rings. The molecule has 0 aliphatic rings. The van der Waals surface area contributed by atoms with Crippen molar-refractivity contribution in [1.29, 1.82) is 0 Å². The van der Waals surface area contributed by atoms with Crippen molar-refractivity contribution in [3.05, 3.63) is 76.8 Å². The van der Waals surface area contributed by atoms with Gasteiger partial charge in [-0.1, -0.05) is 55.8 Å². The molecular weight excluding hydrogens is 260 g/mol. The summed E-state index contributed by atoms with van der Waals surface area (Å²) in [6.45, 7) is 2.13. The van der Waals surface area contributed by atoms with E-state index in [0.717, 1.165) is 23.9 Å². The predicted molar refractivity (Wildman–Crippen MR) is 85.5 cm³/mol. The molecule has 0 aliphatic carbocycles. The number of para-hydroxylation sites is 1. The Hall–Kier alpha value is -2.42. The number of fused-ring (bicyclic) bond motifs is 1. The van der Waals surface area contributed by atoms with Crippen LogP contribution >= 0.6 is 0 Å². The fourth-order valence-corrected chi connectivity index (χ4v) is 2.72. The normalized spacial score (nSPS) is 12.4. The molecule has 21 heavy (non-hydrogen) atoms. The second-order valence-corrected chi connectivity index (χ2v) is 5.19. The number of nitrogens with zero attached hydrogens (tertiary/aromatic N) is 2. The van der Waals surface area contributed by atoms with Crippen molar-refractivity contribution in [3.63, 3.8) is 0 Å². The Labute approximate surface area is 123 Å². The molecule has 3 aromatic rings. The minimum absolute atomic E-state index is 0.0305. The van der Waals surface area contributed by atoms with Crippen LogP contribution in [0.2, 0.25) is 0 Å². The first-order valence-electron chi connectivity index (χ1n) is 7.32. The summed E-state index contributed by atoms with van der Waals surface area (Å²) in [6, 6.07) is 17.7. The molecule has 3 nitrogen and oxygen atoms in total. The van der Waals surface area contributed by atoms with Crippen LogP contribution in [0.25, 0.3) is 10.9 Å². The Morgan fingerprint density at radius 1 is 1.05 bits per heavy atom. The van der Waals surface area contributed by atoms with Crippen LogP contribution < -0.4 is 5.56 Å². The Bertz CT molecular complexity index is 793. The average molecular weight is 278 g/mol. The van der Waals surface area contributed by atoms with Crippen molar-refractivity contribution in [3.8, 4) is 0 Å². The lowest BCUT2D eigenvalue weighted by Crippen LogP contribution is -2.26. The first-order valence-corrected chi connectivity index (χ1v) is 7.32. The third kappa shape index (κ3) is 2.59. The zero-order chi connectivity index (χ0) is 14.7. The number of hydrogen-bond donors (Lipinski definition) is 0. The van der Waals surface area contributed by atoms with Crippen LogP contribution in [-0.2, 0) is 0 Å². The lowest BCUT2D eigenvalue weighted by atomic mass is 10.0. The van der Waals surface area contributed by atoms with Gasteiger partial charge in [0.25, 0.3) is 5.56 Å². The Kier molecular flexibility index (Phi) is 3.82. The second-order valence-electron chi connectivity index (χ2n) is 5.19. The van der Waals surface area contributed by atoms with Gasteiger partial charge in [-0.2, -0.15) is 0 Å². The summed E-state index contributed by atoms with van der Waals surface area (Å²) < 4.78 is 1.77. The van der Waals surface area contributed by atoms with Crippen molar-refractivity contribution >= 4 is 10.9 Å². The minimum atomic E-state index is 0.0305. The van der Waals surface area contributed by atoms with Crippen molar-refractivity contribution in [2.75, 3.05) is 0 Å². The van der Waals surface area contributed by atoms with Crippen LogP contribution in [0.3, 0.4) is 0 Å². The minimum Gasteiger partial charge on any atom is -0.291 e. The topological polar surface area (TPSA) is 34.9 Å². The number of hydrogen-bond acceptors (Lipinski definition) is 2. The van der Waals surface area contributed by atoms with Gasteiger partial charge in [0.2, 0.25) is 0 Å². The highest BCUT2D eigenvalue weighted by molar-refractivity contribution is 5.76. The zero-order valence-electron chi connectivity index (χ0n) is 12.1. The molecule has 1 unspecified atom stereocenters. The van der Waals surface area contributed by atoms with Gasteiger partial charge in [-0.25, -0.2) is 4.98 Å². The van der Waals surface area contributed by atoms with Crippen molar-refractivity contribution in [2.45, 2.75) is 25.8 Å². The van der Waals surface area contributed by atoms with E-state index in [-0.39, 0.29) is 11.6 Å². The molecule has 2 aromatic carbocycles. The standard InChI is InChI=1S/C18H18N2O/c1-2-8-17(14-9-4-3-5-10-14)20-13-19-16-12-7-6-11-15(16)18(20)21/h3-7,9-13,17H,2,8H2,1H3. The summed E-state index contributed by atoms with van der Waals surface area (Å²) >= 11 is 0. The Morgan fingerprint density at radius 3 is 2.52 bits per heavy atom. The monoisotopic (exact) mass is 278 g/mol. The smallest absolute Gasteiger partial charge is 0.261 e. The quantitative estimate of drug-likeness (QED) is 0.728. The highest BCUT2D eigenvalue weighted by atomic mass is 16.1. The molecule has 0 bridgehead atoms. The van der Waals surface area contributed by atoms with Gasteiger partial charge in [-0.15, -0.1) is 0 Å². The van der Waals surface area contributed by atoms with E-state index in [1.807, 2.05) is 42.5 Å². The molecule has 1 atom stereocenters. The molecule has 0 N–H and O–H groups in total. The number of aromatic nitrogens is 2. The molecule has 0 aliphatic heterocycles. The summed E-state index contributed by atoms with van der Waals surface area (Å²) in [4.78, 5) is 17.2. The van der Waals surface area contributed by atoms with Crippen LogP contribution in [0.15, 0.2) is 65.7 Å². The van der Waals surface area contributed by atoms with Gasteiger partial charge in [0.1, 0.15) is 0 Å². The highest BCUT2D eigenvalue weighted by Crippen LogP contribution is 2.22. The van der Waals surface area contributed by atoms with Gasteiger partial charge < -0.3 is 0 Å². The SMILES string of the molecule is CCCC(c1ccccc1)n1cnc2ccccc2c1=O. The molecule has 3 rings (SSSR count). The first-order chi connectivity index (χ1) is 10.3. The van der Waals surface area contributed by atoms with Crippen LogP contribution in [0, 0.1) is 0 Å². The molecule has 0 radical (unpaired) electrons. The van der Waals surface area contributed by atoms with E-state index >= 15 is 0 Å². The van der Waals surface area contributed by atoms with E-state index in [4.69, 9.17) is 0 Å². The second kappa shape index (κ2) is 5.92. The molecule has 0 spiro atoms. The van der Waals surface area contributed by atoms with Gasteiger partial charge in [0.05, 0.1) is 23.3 Å². The van der Waals surface area contributed by atoms with E-state index in [1.54, 1.807) is 10.9 Å². The van der Waals surface area contributed by atoms with Gasteiger partial charge in [0, 0.05) is 0 Å². The summed E-state index contributed by atoms with van der Waals surface area (Å²) in [5.41, 5.74) is 1.93. The molecule has 1 heterocycles. The Morgan fingerprint density at radius 2 is 1.76 bits per heavy atom. The Balaban J connectivity index is 2.16. The predicted octanol–water partition coefficient (Wildman–Crippen LogP) is 3.79. The maximum Gasteiger partial charge on any atom is 0.261 e. The van der Waals surface area contributed by atoms with Crippen molar-refractivity contribution in [1.82, 2.24) is 9.55 Å². The molecule has 1 aromatic heterocycles. The largest absolute Gasteiger partial charge is 0.291 e. The van der Waals surface area contributed by atoms with E-state index in [2.05, 4.69) is 24.0 Å². The van der Waals surface area contributed by atoms with Gasteiger partial charge in [-0.3, -0.25) is 9.36 Å². The highest BCUT2D eigenvalue weighted by Gasteiger charge is 2.15. The maximum atomic E-state index is 12.7. The van der Waals surface area contributed by atoms with Crippen LogP contribution in [-0.4, -0.2) is 9.55 Å². The molecule has 3 heteroatoms. The molecule has 0 saturated heterocycles. The van der Waals surface area contributed by atoms with E-state index in [9.17, 15) is 4.79 Å². The molecule has 106 valence electrons. The zero-order valence-corrected chi connectivity index (χ0v) is 12.1. The number of benzene rings is 2. The summed E-state index contributed by atoms with van der Waals surface area (Å²) in [6.07, 6.45) is 3.61. The van der Waals surface area contributed by atoms with E-state index < -0.39 is 0 Å². The van der Waals surface area contributed by atoms with Crippen LogP contribution in [0.4, 0.5) is 0 Å². The lowest BCUT2D eigenvalue weighted by Gasteiger charge is -2.19. The lowest BCUT2D eigenvalue weighted by molar-refractivity contribution is 0.515. The van der Waals surface area contributed by atoms with Crippen molar-refractivity contribution in [2.24, 2.45) is 0 Å². The summed E-state index contributed by atoms with van der Waals surface area (Å²) in [5, 5.41) is 0.678. The maximum absolute atomic E-state index is 12.7. The van der Waals surface area contributed by atoms with Gasteiger partial charge >= 0.3 is 0 Å². The molecule has 0 amide bonds. The average Bonchev–Trinajstić information content (AvgIpc) is 2.55. The molecule has 0 saturated carbocycles. The third-order valence-electron chi connectivity index (χ3n) is 3.77. The summed E-state index contributed by atoms with van der Waals surface area (Å²) in [7, 11) is 0. The van der Waals surface area contributed by atoms with Gasteiger partial charge in [0.15, 0.2) is 0 Å². The van der Waals surface area contributed by atoms with Crippen LogP contribution in [0.1, 0.15) is 31.4 Å². The van der Waals surface area contributed by atoms with Crippen molar-refractivity contribution < 1.29 is 0 Å². The fraction of sp³-hybridized carbons (Fsp3) is 0.222. The number of rotatable bonds is 4. The van der Waals surface area contributed by atoms with E-state index in [1.165, 1.54) is 0 Å². The van der Waals surface area contributed by atoms with Crippen LogP contribution in [0.5, 0.6) is 0 Å². The first kappa shape index (κ1) is 13.6. The van der Waals surface area contributed by atoms with E-state index in [0.29, 0.717) is 5.39 Å². The molecular formula is C18H18N2O. The third-order valence-corrected chi connectivity index (χ3v) is 3.77. The van der Waals surface area contributed by atoms with Gasteiger partial charge in [-0.05, 0) is 24.1 Å². The summed E-state index contributed by atoms with van der Waals surface area (Å²) in [5.74, 6) is 0.